The first-order valence-corrected chi connectivity index (χ1v) is 30.3. The van der Waals surface area contributed by atoms with Crippen molar-refractivity contribution < 1.29 is 42.9 Å². The maximum atomic E-state index is 12.9. The summed E-state index contributed by atoms with van der Waals surface area (Å²) in [6.07, 6.45) is 86.0. The van der Waals surface area contributed by atoms with Crippen molar-refractivity contribution in [3.05, 3.63) is 170 Å². The van der Waals surface area contributed by atoms with Crippen LogP contribution in [-0.2, 0) is 33.3 Å². The predicted octanol–water partition coefficient (Wildman–Crippen LogP) is 18.3. The van der Waals surface area contributed by atoms with Crippen molar-refractivity contribution in [2.45, 2.75) is 206 Å². The highest BCUT2D eigenvalue weighted by atomic mass is 16.7. The maximum absolute atomic E-state index is 12.9. The Morgan fingerprint density at radius 2 is 0.684 bits per heavy atom. The lowest BCUT2D eigenvalue weighted by molar-refractivity contribution is -0.870. The standard InChI is InChI=1S/C70H109NO8/c1-6-8-10-12-14-16-18-20-21-22-23-24-25-26-27-28-29-30-31-32-33-34-35-36-37-38-39-40-41-42-43-44-45-46-47-49-51-53-55-57-59-61-68(73)79-66(65-78-70(69(74)75)76-63-62-71(3,4)5)64-77-67(72)60-58-56-54-52-50-48-19-17-15-13-11-9-7-2/h8-11,14-17,20-21,23-24,26-27,29-30,32-33,35-36,38-39,41-42,44-45,48,50,66,70H,6-7,12-13,18-19,22,25,28,31,34,37,40,43,46-47,49,51-65H2,1-5H3/p+1/b10-8-,11-9-,16-14-,17-15-,21-20-,24-23-,27-26-,30-29-,33-32-,36-35-,39-38-,42-41-,45-44-,50-48-. The number of carboxylic acid groups (broad SMARTS) is 1. The van der Waals surface area contributed by atoms with Gasteiger partial charge in [-0.05, 0) is 128 Å². The third-order valence-corrected chi connectivity index (χ3v) is 12.0. The molecule has 9 heteroatoms. The van der Waals surface area contributed by atoms with E-state index < -0.39 is 24.3 Å². The Balaban J connectivity index is 4.20. The smallest absolute Gasteiger partial charge is 0.361 e. The van der Waals surface area contributed by atoms with Gasteiger partial charge in [0.15, 0.2) is 6.10 Å². The highest BCUT2D eigenvalue weighted by molar-refractivity contribution is 5.71. The van der Waals surface area contributed by atoms with Crippen LogP contribution in [0.5, 0.6) is 0 Å². The van der Waals surface area contributed by atoms with E-state index >= 15 is 0 Å². The second-order valence-electron chi connectivity index (χ2n) is 20.5. The van der Waals surface area contributed by atoms with Crippen LogP contribution in [-0.4, -0.2) is 87.4 Å². The lowest BCUT2D eigenvalue weighted by Gasteiger charge is -2.25. The summed E-state index contributed by atoms with van der Waals surface area (Å²) in [6, 6.07) is 0. The third-order valence-electron chi connectivity index (χ3n) is 12.0. The first-order chi connectivity index (χ1) is 38.6. The highest BCUT2D eigenvalue weighted by Crippen LogP contribution is 2.13. The van der Waals surface area contributed by atoms with Crippen molar-refractivity contribution in [3.8, 4) is 0 Å². The van der Waals surface area contributed by atoms with Crippen molar-refractivity contribution in [1.29, 1.82) is 0 Å². The normalized spacial score (nSPS) is 14.0. The fourth-order valence-electron chi connectivity index (χ4n) is 7.38. The number of hydrogen-bond donors (Lipinski definition) is 1. The predicted molar refractivity (Wildman–Crippen MR) is 336 cm³/mol. The molecule has 0 amide bonds. The first-order valence-electron chi connectivity index (χ1n) is 30.3. The van der Waals surface area contributed by atoms with Crippen molar-refractivity contribution in [2.75, 3.05) is 47.5 Å². The van der Waals surface area contributed by atoms with E-state index in [0.717, 1.165) is 135 Å². The highest BCUT2D eigenvalue weighted by Gasteiger charge is 2.25. The van der Waals surface area contributed by atoms with E-state index in [1.165, 1.54) is 19.3 Å². The number of hydrogen-bond acceptors (Lipinski definition) is 7. The number of ether oxygens (including phenoxy) is 4. The minimum absolute atomic E-state index is 0.171. The molecule has 0 aromatic heterocycles. The lowest BCUT2D eigenvalue weighted by atomic mass is 10.1. The summed E-state index contributed by atoms with van der Waals surface area (Å²) in [6.45, 7) is 4.56. The van der Waals surface area contributed by atoms with E-state index in [-0.39, 0.29) is 38.6 Å². The molecule has 0 heterocycles. The Kier molecular flexibility index (Phi) is 54.8. The molecule has 0 saturated heterocycles. The van der Waals surface area contributed by atoms with E-state index in [0.29, 0.717) is 23.9 Å². The summed E-state index contributed by atoms with van der Waals surface area (Å²) >= 11 is 0. The number of carbonyl (C=O) groups is 3. The van der Waals surface area contributed by atoms with Crippen LogP contribution in [0, 0.1) is 0 Å². The summed E-state index contributed by atoms with van der Waals surface area (Å²) in [5.74, 6) is -2.08. The Morgan fingerprint density at radius 3 is 1.03 bits per heavy atom. The largest absolute Gasteiger partial charge is 0.477 e. The molecule has 0 fully saturated rings. The molecule has 0 bridgehead atoms. The summed E-state index contributed by atoms with van der Waals surface area (Å²) in [4.78, 5) is 37.3. The van der Waals surface area contributed by atoms with E-state index in [1.54, 1.807) is 0 Å². The molecule has 79 heavy (non-hydrogen) atoms. The van der Waals surface area contributed by atoms with Gasteiger partial charge in [-0.15, -0.1) is 0 Å². The molecule has 0 radical (unpaired) electrons. The molecule has 1 N–H and O–H groups in total. The average Bonchev–Trinajstić information content (AvgIpc) is 3.42. The minimum Gasteiger partial charge on any atom is -0.477 e. The molecule has 0 aromatic rings. The molecular formula is C70H110NO8+. The van der Waals surface area contributed by atoms with Crippen LogP contribution >= 0.6 is 0 Å². The summed E-state index contributed by atoms with van der Waals surface area (Å²) < 4.78 is 22.8. The molecule has 0 aliphatic heterocycles. The van der Waals surface area contributed by atoms with Crippen LogP contribution in [0.3, 0.4) is 0 Å². The van der Waals surface area contributed by atoms with Gasteiger partial charge in [-0.3, -0.25) is 9.59 Å². The zero-order valence-corrected chi connectivity index (χ0v) is 50.2. The lowest BCUT2D eigenvalue weighted by Crippen LogP contribution is -2.40. The zero-order chi connectivity index (χ0) is 57.6. The number of rotatable bonds is 53. The van der Waals surface area contributed by atoms with Gasteiger partial charge in [-0.25, -0.2) is 4.79 Å². The molecular weight excluding hydrogens is 983 g/mol. The SMILES string of the molecule is CC/C=C\C/C=C\C/C=C\C/C=C\C/C=C\C/C=C\C/C=C\C/C=C\C/C=C\C/C=C\C/C=C\CCCCCCCCCC(=O)OC(COC(=O)CCCCC/C=C\C/C=C\C/C=C\CC)COC(OCC[N+](C)(C)C)C(=O)O. The number of unbranched alkanes of at least 4 members (excludes halogenated alkanes) is 10. The van der Waals surface area contributed by atoms with Crippen molar-refractivity contribution in [3.63, 3.8) is 0 Å². The molecule has 0 aliphatic carbocycles. The van der Waals surface area contributed by atoms with Crippen LogP contribution in [0.1, 0.15) is 194 Å². The fraction of sp³-hybridized carbons (Fsp3) is 0.557. The van der Waals surface area contributed by atoms with Gasteiger partial charge in [0.25, 0.3) is 6.29 Å². The third kappa shape index (κ3) is 60.1. The molecule has 0 aromatic carbocycles. The van der Waals surface area contributed by atoms with E-state index in [2.05, 4.69) is 184 Å². The van der Waals surface area contributed by atoms with Crippen LogP contribution in [0.4, 0.5) is 0 Å². The van der Waals surface area contributed by atoms with Crippen LogP contribution in [0.15, 0.2) is 170 Å². The molecule has 0 spiro atoms. The number of quaternary nitrogens is 1. The van der Waals surface area contributed by atoms with E-state index in [4.69, 9.17) is 18.9 Å². The summed E-state index contributed by atoms with van der Waals surface area (Å²) in [5, 5.41) is 9.69. The number of aliphatic carboxylic acids is 1. The second kappa shape index (κ2) is 58.8. The van der Waals surface area contributed by atoms with Gasteiger partial charge in [0, 0.05) is 12.8 Å². The number of nitrogens with zero attached hydrogens (tertiary/aromatic N) is 1. The van der Waals surface area contributed by atoms with Crippen LogP contribution in [0.2, 0.25) is 0 Å². The van der Waals surface area contributed by atoms with Crippen molar-refractivity contribution in [2.24, 2.45) is 0 Å². The van der Waals surface area contributed by atoms with Crippen LogP contribution in [0.25, 0.3) is 0 Å². The quantitative estimate of drug-likeness (QED) is 0.0211. The van der Waals surface area contributed by atoms with Gasteiger partial charge in [-0.1, -0.05) is 223 Å². The number of carbonyl (C=O) groups excluding carboxylic acids is 2. The van der Waals surface area contributed by atoms with Crippen molar-refractivity contribution in [1.82, 2.24) is 0 Å². The van der Waals surface area contributed by atoms with E-state index in [9.17, 15) is 19.5 Å². The Morgan fingerprint density at radius 1 is 0.380 bits per heavy atom. The zero-order valence-electron chi connectivity index (χ0n) is 50.2. The Labute approximate surface area is 482 Å². The second-order valence-corrected chi connectivity index (χ2v) is 20.5. The van der Waals surface area contributed by atoms with Gasteiger partial charge in [0.1, 0.15) is 13.2 Å². The molecule has 2 atom stereocenters. The van der Waals surface area contributed by atoms with Gasteiger partial charge < -0.3 is 28.5 Å². The number of esters is 2. The number of allylic oxidation sites excluding steroid dienone is 28. The molecule has 0 rings (SSSR count). The minimum atomic E-state index is -1.53. The molecule has 0 aliphatic rings. The molecule has 442 valence electrons. The van der Waals surface area contributed by atoms with E-state index in [1.807, 2.05) is 21.1 Å². The Bertz CT molecular complexity index is 1900. The van der Waals surface area contributed by atoms with Gasteiger partial charge in [-0.2, -0.15) is 0 Å². The maximum Gasteiger partial charge on any atom is 0.361 e. The fourth-order valence-corrected chi connectivity index (χ4v) is 7.38. The van der Waals surface area contributed by atoms with Gasteiger partial charge >= 0.3 is 17.9 Å². The topological polar surface area (TPSA) is 108 Å². The van der Waals surface area contributed by atoms with Crippen LogP contribution < -0.4 is 0 Å². The molecule has 0 saturated carbocycles. The average molecular weight is 1090 g/mol. The van der Waals surface area contributed by atoms with Gasteiger partial charge in [0.05, 0.1) is 34.4 Å². The molecule has 9 nitrogen and oxygen atoms in total. The monoisotopic (exact) mass is 1090 g/mol. The molecule has 2 unspecified atom stereocenters. The number of likely N-dealkylation sites (N-methyl/N-ethyl adjacent to an activating group) is 1. The summed E-state index contributed by atoms with van der Waals surface area (Å²) in [7, 11) is 5.94. The van der Waals surface area contributed by atoms with Crippen molar-refractivity contribution >= 4 is 17.9 Å². The Hall–Kier alpha value is -5.35. The van der Waals surface area contributed by atoms with Gasteiger partial charge in [0.2, 0.25) is 0 Å². The first kappa shape index (κ1) is 73.7. The summed E-state index contributed by atoms with van der Waals surface area (Å²) in [5.41, 5.74) is 0. The number of carboxylic acids is 1.